The molecule has 1 atom stereocenters. The number of aryl methyl sites for hydroxylation is 1. The molecule has 1 aromatic heterocycles. The Morgan fingerprint density at radius 2 is 2.05 bits per heavy atom. The Kier molecular flexibility index (Phi) is 3.41. The molecule has 1 aliphatic rings. The first-order valence-corrected chi connectivity index (χ1v) is 7.11. The second-order valence-electron chi connectivity index (χ2n) is 5.40. The van der Waals surface area contributed by atoms with Crippen LogP contribution in [0.15, 0.2) is 28.7 Å². The van der Waals surface area contributed by atoms with Crippen molar-refractivity contribution in [2.24, 2.45) is 0 Å². The number of piperidine rings is 1. The minimum atomic E-state index is -0.947. The van der Waals surface area contributed by atoms with E-state index < -0.39 is 12.0 Å². The number of benzene rings is 1. The summed E-state index contributed by atoms with van der Waals surface area (Å²) in [5.41, 5.74) is 1.42. The Hall–Kier alpha value is -2.30. The van der Waals surface area contributed by atoms with Crippen molar-refractivity contribution in [1.29, 1.82) is 0 Å². The second-order valence-corrected chi connectivity index (χ2v) is 5.40. The van der Waals surface area contributed by atoms with Crippen molar-refractivity contribution in [3.8, 4) is 0 Å². The van der Waals surface area contributed by atoms with Crippen LogP contribution in [-0.2, 0) is 4.79 Å². The number of carboxylic acid groups (broad SMARTS) is 1. The topological polar surface area (TPSA) is 70.8 Å². The van der Waals surface area contributed by atoms with Gasteiger partial charge in [-0.2, -0.15) is 0 Å². The fourth-order valence-corrected chi connectivity index (χ4v) is 2.94. The average Bonchev–Trinajstić information content (AvgIpc) is 2.84. The van der Waals surface area contributed by atoms with Gasteiger partial charge in [-0.3, -0.25) is 4.79 Å². The van der Waals surface area contributed by atoms with E-state index in [1.54, 1.807) is 0 Å². The van der Waals surface area contributed by atoms with Crippen LogP contribution in [0.25, 0.3) is 11.0 Å². The van der Waals surface area contributed by atoms with E-state index in [0.29, 0.717) is 18.5 Å². The molecule has 21 heavy (non-hydrogen) atoms. The van der Waals surface area contributed by atoms with Crippen LogP contribution < -0.4 is 0 Å². The minimum Gasteiger partial charge on any atom is -0.480 e. The van der Waals surface area contributed by atoms with Gasteiger partial charge in [0.2, 0.25) is 0 Å². The van der Waals surface area contributed by atoms with Crippen molar-refractivity contribution >= 4 is 22.8 Å². The number of hydrogen-bond acceptors (Lipinski definition) is 3. The van der Waals surface area contributed by atoms with Crippen molar-refractivity contribution < 1.29 is 19.1 Å². The number of amides is 1. The average molecular weight is 287 g/mol. The zero-order valence-electron chi connectivity index (χ0n) is 11.8. The number of fused-ring (bicyclic) bond motifs is 1. The van der Waals surface area contributed by atoms with Gasteiger partial charge in [-0.25, -0.2) is 4.79 Å². The number of aliphatic carboxylic acids is 1. The molecule has 0 bridgehead atoms. The summed E-state index contributed by atoms with van der Waals surface area (Å²) in [6, 6.07) is 6.69. The highest BCUT2D eigenvalue weighted by Crippen LogP contribution is 2.28. The third-order valence-electron chi connectivity index (χ3n) is 4.09. The van der Waals surface area contributed by atoms with Gasteiger partial charge in [0.15, 0.2) is 5.76 Å². The molecule has 0 radical (unpaired) electrons. The fraction of sp³-hybridized carbons (Fsp3) is 0.375. The van der Waals surface area contributed by atoms with E-state index in [2.05, 4.69) is 0 Å². The largest absolute Gasteiger partial charge is 0.480 e. The highest BCUT2D eigenvalue weighted by atomic mass is 16.4. The standard InChI is InChI=1S/C16H17NO4/c1-10-11-6-2-3-8-13(11)21-14(10)15(18)17-9-5-4-7-12(17)16(19)20/h2-3,6,8,12H,4-5,7,9H2,1H3,(H,19,20)/t12-/m0/s1. The lowest BCUT2D eigenvalue weighted by atomic mass is 10.0. The van der Waals surface area contributed by atoms with E-state index >= 15 is 0 Å². The van der Waals surface area contributed by atoms with Gasteiger partial charge >= 0.3 is 5.97 Å². The van der Waals surface area contributed by atoms with E-state index in [-0.39, 0.29) is 11.7 Å². The smallest absolute Gasteiger partial charge is 0.326 e. The quantitative estimate of drug-likeness (QED) is 0.922. The van der Waals surface area contributed by atoms with Crippen LogP contribution in [0.5, 0.6) is 0 Å². The Morgan fingerprint density at radius 3 is 2.76 bits per heavy atom. The zero-order valence-corrected chi connectivity index (χ0v) is 11.8. The van der Waals surface area contributed by atoms with Crippen molar-refractivity contribution in [2.45, 2.75) is 32.2 Å². The molecule has 5 heteroatoms. The third kappa shape index (κ3) is 2.28. The summed E-state index contributed by atoms with van der Waals surface area (Å²) in [5.74, 6) is -1.02. The molecule has 0 aliphatic carbocycles. The van der Waals surface area contributed by atoms with Gasteiger partial charge in [-0.15, -0.1) is 0 Å². The summed E-state index contributed by atoms with van der Waals surface area (Å²) in [7, 11) is 0. The van der Waals surface area contributed by atoms with Crippen LogP contribution in [0.3, 0.4) is 0 Å². The summed E-state index contributed by atoms with van der Waals surface area (Å²) in [4.78, 5) is 25.4. The molecule has 0 spiro atoms. The number of nitrogens with zero attached hydrogens (tertiary/aromatic N) is 1. The van der Waals surface area contributed by atoms with Crippen LogP contribution in [0.4, 0.5) is 0 Å². The Balaban J connectivity index is 1.99. The molecule has 0 unspecified atom stereocenters. The van der Waals surface area contributed by atoms with Crippen LogP contribution >= 0.6 is 0 Å². The molecule has 2 aromatic rings. The van der Waals surface area contributed by atoms with Gasteiger partial charge in [0.25, 0.3) is 5.91 Å². The lowest BCUT2D eigenvalue weighted by Crippen LogP contribution is -2.48. The SMILES string of the molecule is Cc1c(C(=O)N2CCCC[C@H]2C(=O)O)oc2ccccc12. The van der Waals surface area contributed by atoms with E-state index in [0.717, 1.165) is 23.8 Å². The highest BCUT2D eigenvalue weighted by molar-refractivity contribution is 6.00. The Bertz CT molecular complexity index is 703. The lowest BCUT2D eigenvalue weighted by molar-refractivity contribution is -0.143. The number of hydrogen-bond donors (Lipinski definition) is 1. The van der Waals surface area contributed by atoms with E-state index in [1.165, 1.54) is 4.90 Å². The van der Waals surface area contributed by atoms with Gasteiger partial charge in [-0.05, 0) is 32.3 Å². The van der Waals surface area contributed by atoms with Gasteiger partial charge in [0.1, 0.15) is 11.6 Å². The summed E-state index contributed by atoms with van der Waals surface area (Å²) < 4.78 is 5.66. The number of rotatable bonds is 2. The molecule has 0 saturated carbocycles. The number of likely N-dealkylation sites (tertiary alicyclic amines) is 1. The zero-order chi connectivity index (χ0) is 15.0. The maximum absolute atomic E-state index is 12.7. The molecular weight excluding hydrogens is 270 g/mol. The summed E-state index contributed by atoms with van der Waals surface area (Å²) in [6.45, 7) is 2.30. The number of furan rings is 1. The lowest BCUT2D eigenvalue weighted by Gasteiger charge is -2.32. The van der Waals surface area contributed by atoms with Crippen molar-refractivity contribution in [3.05, 3.63) is 35.6 Å². The monoisotopic (exact) mass is 287 g/mol. The van der Waals surface area contributed by atoms with Crippen molar-refractivity contribution in [3.63, 3.8) is 0 Å². The first-order valence-electron chi connectivity index (χ1n) is 7.11. The summed E-state index contributed by atoms with van der Waals surface area (Å²) in [5, 5.41) is 10.2. The summed E-state index contributed by atoms with van der Waals surface area (Å²) >= 11 is 0. The first kappa shape index (κ1) is 13.7. The highest BCUT2D eigenvalue weighted by Gasteiger charge is 2.34. The molecule has 110 valence electrons. The van der Waals surface area contributed by atoms with Crippen LogP contribution in [0.2, 0.25) is 0 Å². The summed E-state index contributed by atoms with van der Waals surface area (Å²) in [6.07, 6.45) is 2.16. The predicted molar refractivity (Wildman–Crippen MR) is 77.3 cm³/mol. The predicted octanol–water partition coefficient (Wildman–Crippen LogP) is 2.82. The van der Waals surface area contributed by atoms with E-state index in [4.69, 9.17) is 4.42 Å². The van der Waals surface area contributed by atoms with Crippen LogP contribution in [-0.4, -0.2) is 34.5 Å². The number of carbonyl (C=O) groups excluding carboxylic acids is 1. The number of para-hydroxylation sites is 1. The molecule has 1 aromatic carbocycles. The van der Waals surface area contributed by atoms with Gasteiger partial charge in [0.05, 0.1) is 0 Å². The molecule has 1 saturated heterocycles. The van der Waals surface area contributed by atoms with Crippen LogP contribution in [0.1, 0.15) is 35.4 Å². The molecular formula is C16H17NO4. The van der Waals surface area contributed by atoms with Gasteiger partial charge < -0.3 is 14.4 Å². The normalized spacial score (nSPS) is 18.9. The van der Waals surface area contributed by atoms with Crippen molar-refractivity contribution in [2.75, 3.05) is 6.54 Å². The maximum atomic E-state index is 12.7. The molecule has 1 aliphatic heterocycles. The Morgan fingerprint density at radius 1 is 1.29 bits per heavy atom. The molecule has 1 fully saturated rings. The number of carbonyl (C=O) groups is 2. The third-order valence-corrected chi connectivity index (χ3v) is 4.09. The molecule has 1 N–H and O–H groups in total. The second kappa shape index (κ2) is 5.24. The Labute approximate surface area is 122 Å². The maximum Gasteiger partial charge on any atom is 0.326 e. The molecule has 5 nitrogen and oxygen atoms in total. The number of carboxylic acids is 1. The van der Waals surface area contributed by atoms with Gasteiger partial charge in [-0.1, -0.05) is 18.2 Å². The molecule has 2 heterocycles. The molecule has 1 amide bonds. The van der Waals surface area contributed by atoms with Gasteiger partial charge in [0, 0.05) is 17.5 Å². The van der Waals surface area contributed by atoms with Crippen LogP contribution in [0, 0.1) is 6.92 Å². The van der Waals surface area contributed by atoms with Crippen molar-refractivity contribution in [1.82, 2.24) is 4.90 Å². The molecule has 3 rings (SSSR count). The van der Waals surface area contributed by atoms with E-state index in [1.807, 2.05) is 31.2 Å². The first-order chi connectivity index (χ1) is 10.1. The van der Waals surface area contributed by atoms with E-state index in [9.17, 15) is 14.7 Å². The fourth-order valence-electron chi connectivity index (χ4n) is 2.94. The minimum absolute atomic E-state index is 0.254.